The van der Waals surface area contributed by atoms with Gasteiger partial charge in [0.05, 0.1) is 0 Å². The van der Waals surface area contributed by atoms with Crippen molar-refractivity contribution in [1.29, 1.82) is 0 Å². The smallest absolute Gasteiger partial charge is 0.292 e. The van der Waals surface area contributed by atoms with Gasteiger partial charge in [-0.25, -0.2) is 5.01 Å². The average molecular weight is 318 g/mol. The van der Waals surface area contributed by atoms with Crippen LogP contribution in [-0.2, 0) is 10.2 Å². The number of hydrogen-bond donors (Lipinski definition) is 2. The first-order valence-corrected chi connectivity index (χ1v) is 9.67. The molecule has 2 N–H and O–H groups in total. The van der Waals surface area contributed by atoms with Gasteiger partial charge in [-0.05, 0) is 38.1 Å². The van der Waals surface area contributed by atoms with E-state index in [1.807, 2.05) is 5.01 Å². The topological polar surface area (TPSA) is 64.7 Å². The molecule has 0 amide bonds. The fraction of sp³-hybridized carbons (Fsp3) is 1.00. The normalized spacial score (nSPS) is 26.3. The van der Waals surface area contributed by atoms with Crippen LogP contribution in [0.15, 0.2) is 0 Å². The predicted octanol–water partition coefficient (Wildman–Crippen LogP) is 0.932. The summed E-state index contributed by atoms with van der Waals surface area (Å²) >= 11 is 0. The molecule has 0 bridgehead atoms. The summed E-state index contributed by atoms with van der Waals surface area (Å²) in [4.78, 5) is 2.76. The first kappa shape index (κ1) is 17.1. The van der Waals surface area contributed by atoms with E-state index in [0.717, 1.165) is 45.3 Å². The molecule has 2 heterocycles. The number of hydrogen-bond acceptors (Lipinski definition) is 4. The van der Waals surface area contributed by atoms with Crippen molar-refractivity contribution in [3.05, 3.63) is 0 Å². The van der Waals surface area contributed by atoms with Crippen molar-refractivity contribution in [2.24, 2.45) is 5.92 Å². The minimum Gasteiger partial charge on any atom is -0.314 e. The van der Waals surface area contributed by atoms with Crippen LogP contribution in [0.3, 0.4) is 0 Å². The van der Waals surface area contributed by atoms with Gasteiger partial charge < -0.3 is 5.32 Å². The van der Waals surface area contributed by atoms with Crippen molar-refractivity contribution in [2.75, 3.05) is 32.7 Å². The fourth-order valence-electron chi connectivity index (χ4n) is 3.02. The van der Waals surface area contributed by atoms with E-state index in [1.54, 1.807) is 4.31 Å². The molecule has 7 heteroatoms. The molecule has 2 fully saturated rings. The first-order valence-electron chi connectivity index (χ1n) is 8.23. The molecule has 0 spiro atoms. The van der Waals surface area contributed by atoms with E-state index < -0.39 is 10.2 Å². The van der Waals surface area contributed by atoms with Crippen molar-refractivity contribution >= 4 is 10.2 Å². The van der Waals surface area contributed by atoms with Crippen LogP contribution in [0.2, 0.25) is 0 Å². The molecule has 6 nitrogen and oxygen atoms in total. The Bertz CT molecular complexity index is 407. The molecule has 0 aliphatic carbocycles. The zero-order chi connectivity index (χ0) is 15.3. The van der Waals surface area contributed by atoms with E-state index in [9.17, 15) is 8.42 Å². The van der Waals surface area contributed by atoms with Gasteiger partial charge in [-0.3, -0.25) is 0 Å². The second kappa shape index (κ2) is 7.87. The molecule has 1 unspecified atom stereocenters. The highest BCUT2D eigenvalue weighted by atomic mass is 32.2. The molecule has 124 valence electrons. The lowest BCUT2D eigenvalue weighted by Gasteiger charge is -2.35. The molecule has 0 aromatic carbocycles. The van der Waals surface area contributed by atoms with Gasteiger partial charge in [0.15, 0.2) is 0 Å². The van der Waals surface area contributed by atoms with Crippen LogP contribution in [-0.4, -0.2) is 56.5 Å². The highest BCUT2D eigenvalue weighted by Crippen LogP contribution is 2.19. The summed E-state index contributed by atoms with van der Waals surface area (Å²) in [6, 6.07) is 0.448. The van der Waals surface area contributed by atoms with Gasteiger partial charge in [0, 0.05) is 32.2 Å². The summed E-state index contributed by atoms with van der Waals surface area (Å²) in [6.45, 7) is 8.05. The molecule has 0 saturated carbocycles. The molecule has 0 aromatic heterocycles. The molecule has 2 aliphatic rings. The van der Waals surface area contributed by atoms with Crippen LogP contribution in [0.4, 0.5) is 0 Å². The molecular weight excluding hydrogens is 288 g/mol. The Labute approximate surface area is 129 Å². The average Bonchev–Trinajstić information content (AvgIpc) is 2.46. The molecule has 0 aromatic rings. The summed E-state index contributed by atoms with van der Waals surface area (Å²) in [5.74, 6) is 0.416. The van der Waals surface area contributed by atoms with E-state index >= 15 is 0 Å². The Morgan fingerprint density at radius 1 is 1.10 bits per heavy atom. The summed E-state index contributed by atoms with van der Waals surface area (Å²) in [6.07, 6.45) is 5.40. The van der Waals surface area contributed by atoms with Crippen LogP contribution in [0, 0.1) is 5.92 Å². The van der Waals surface area contributed by atoms with Crippen LogP contribution in [0.25, 0.3) is 0 Å². The third-order valence-corrected chi connectivity index (χ3v) is 5.74. The van der Waals surface area contributed by atoms with Crippen LogP contribution in [0.5, 0.6) is 0 Å². The summed E-state index contributed by atoms with van der Waals surface area (Å²) in [5.41, 5.74) is 0. The second-order valence-electron chi connectivity index (χ2n) is 6.57. The lowest BCUT2D eigenvalue weighted by molar-refractivity contribution is 0.185. The van der Waals surface area contributed by atoms with Crippen molar-refractivity contribution in [1.82, 2.24) is 19.5 Å². The van der Waals surface area contributed by atoms with Gasteiger partial charge in [-0.2, -0.15) is 12.7 Å². The van der Waals surface area contributed by atoms with Crippen LogP contribution >= 0.6 is 0 Å². The molecule has 1 atom stereocenters. The lowest BCUT2D eigenvalue weighted by Crippen LogP contribution is -2.53. The van der Waals surface area contributed by atoms with Crippen molar-refractivity contribution in [3.63, 3.8) is 0 Å². The van der Waals surface area contributed by atoms with Crippen molar-refractivity contribution in [2.45, 2.75) is 52.0 Å². The highest BCUT2D eigenvalue weighted by Gasteiger charge is 2.30. The minimum atomic E-state index is -3.37. The fourth-order valence-corrected chi connectivity index (χ4v) is 4.42. The van der Waals surface area contributed by atoms with Crippen LogP contribution < -0.4 is 10.1 Å². The van der Waals surface area contributed by atoms with Crippen molar-refractivity contribution in [3.8, 4) is 0 Å². The molecule has 21 heavy (non-hydrogen) atoms. The van der Waals surface area contributed by atoms with E-state index in [1.165, 1.54) is 6.42 Å². The van der Waals surface area contributed by atoms with Gasteiger partial charge >= 0.3 is 0 Å². The van der Waals surface area contributed by atoms with E-state index in [0.29, 0.717) is 25.0 Å². The summed E-state index contributed by atoms with van der Waals surface area (Å²) in [7, 11) is -3.37. The third-order valence-electron chi connectivity index (χ3n) is 4.24. The quantitative estimate of drug-likeness (QED) is 0.765. The molecule has 0 radical (unpaired) electrons. The number of rotatable bonds is 6. The molecule has 2 saturated heterocycles. The maximum Gasteiger partial charge on any atom is 0.292 e. The minimum absolute atomic E-state index is 0.416. The van der Waals surface area contributed by atoms with Gasteiger partial charge in [0.1, 0.15) is 0 Å². The van der Waals surface area contributed by atoms with E-state index in [-0.39, 0.29) is 0 Å². The zero-order valence-electron chi connectivity index (χ0n) is 13.3. The number of nitrogens with zero attached hydrogens (tertiary/aromatic N) is 2. The maximum atomic E-state index is 12.5. The Kier molecular flexibility index (Phi) is 6.43. The van der Waals surface area contributed by atoms with Gasteiger partial charge in [0.2, 0.25) is 0 Å². The number of piperidine rings is 2. The molecule has 2 aliphatic heterocycles. The maximum absolute atomic E-state index is 12.5. The lowest BCUT2D eigenvalue weighted by atomic mass is 9.99. The second-order valence-corrected chi connectivity index (χ2v) is 8.22. The monoisotopic (exact) mass is 318 g/mol. The van der Waals surface area contributed by atoms with E-state index in [2.05, 4.69) is 24.0 Å². The van der Waals surface area contributed by atoms with E-state index in [4.69, 9.17) is 0 Å². The predicted molar refractivity (Wildman–Crippen MR) is 84.9 cm³/mol. The van der Waals surface area contributed by atoms with Gasteiger partial charge in [-0.1, -0.05) is 20.3 Å². The highest BCUT2D eigenvalue weighted by molar-refractivity contribution is 7.87. The SMILES string of the molecule is CC(C)NCC1CCCN(S(=O)(=O)NN2CCCCC2)C1. The first-order chi connectivity index (χ1) is 9.97. The Balaban J connectivity index is 1.86. The standard InChI is InChI=1S/C14H30N4O2S/c1-13(2)15-11-14-7-6-10-18(12-14)21(19,20)16-17-8-4-3-5-9-17/h13-16H,3-12H2,1-2H3. The molecule has 2 rings (SSSR count). The van der Waals surface area contributed by atoms with Crippen LogP contribution in [0.1, 0.15) is 46.0 Å². The van der Waals surface area contributed by atoms with Gasteiger partial charge in [0.25, 0.3) is 10.2 Å². The summed E-state index contributed by atoms with van der Waals surface area (Å²) < 4.78 is 26.6. The third kappa shape index (κ3) is 5.49. The van der Waals surface area contributed by atoms with Crippen molar-refractivity contribution < 1.29 is 8.42 Å². The number of hydrazine groups is 1. The Hall–Kier alpha value is -0.210. The Morgan fingerprint density at radius 3 is 2.48 bits per heavy atom. The largest absolute Gasteiger partial charge is 0.314 e. The summed E-state index contributed by atoms with van der Waals surface area (Å²) in [5, 5.41) is 5.27. The molecular formula is C14H30N4O2S. The van der Waals surface area contributed by atoms with Gasteiger partial charge in [-0.15, -0.1) is 4.83 Å². The number of nitrogens with one attached hydrogen (secondary N) is 2. The Morgan fingerprint density at radius 2 is 1.81 bits per heavy atom. The zero-order valence-corrected chi connectivity index (χ0v) is 14.2.